The van der Waals surface area contributed by atoms with Crippen LogP contribution in [0.3, 0.4) is 0 Å². The van der Waals surface area contributed by atoms with Crippen molar-refractivity contribution < 1.29 is 14.7 Å². The number of hydrogen-bond donors (Lipinski definition) is 3. The first-order valence-corrected chi connectivity index (χ1v) is 6.50. The lowest BCUT2D eigenvalue weighted by Crippen LogP contribution is -2.13. The van der Waals surface area contributed by atoms with E-state index in [1.807, 2.05) is 6.92 Å². The number of rotatable bonds is 4. The maximum atomic E-state index is 12.0. The molecule has 1 aromatic heterocycles. The number of amides is 1. The smallest absolute Gasteiger partial charge is 0.328 e. The summed E-state index contributed by atoms with van der Waals surface area (Å²) < 4.78 is 0. The molecule has 21 heavy (non-hydrogen) atoms. The molecule has 0 saturated carbocycles. The van der Waals surface area contributed by atoms with Gasteiger partial charge >= 0.3 is 5.97 Å². The van der Waals surface area contributed by atoms with Crippen LogP contribution in [0.5, 0.6) is 0 Å². The highest BCUT2D eigenvalue weighted by molar-refractivity contribution is 6.31. The molecule has 3 N–H and O–H groups in total. The summed E-state index contributed by atoms with van der Waals surface area (Å²) in [6, 6.07) is 6.77. The molecule has 1 amide bonds. The Kier molecular flexibility index (Phi) is 4.45. The van der Waals surface area contributed by atoms with Crippen molar-refractivity contribution in [3.63, 3.8) is 0 Å². The van der Waals surface area contributed by atoms with Crippen molar-refractivity contribution in [3.8, 4) is 0 Å². The largest absolute Gasteiger partial charge is 0.478 e. The van der Waals surface area contributed by atoms with Crippen molar-refractivity contribution in [2.24, 2.45) is 0 Å². The zero-order valence-electron chi connectivity index (χ0n) is 11.2. The van der Waals surface area contributed by atoms with Crippen LogP contribution in [0.25, 0.3) is 6.08 Å². The van der Waals surface area contributed by atoms with Crippen LogP contribution in [0.1, 0.15) is 21.6 Å². The molecule has 0 spiro atoms. The quantitative estimate of drug-likeness (QED) is 0.758. The molecule has 0 aliphatic carbocycles. The Morgan fingerprint density at radius 3 is 2.67 bits per heavy atom. The van der Waals surface area contributed by atoms with Crippen LogP contribution in [0.4, 0.5) is 5.69 Å². The van der Waals surface area contributed by atoms with Gasteiger partial charge in [-0.2, -0.15) is 0 Å². The van der Waals surface area contributed by atoms with E-state index in [9.17, 15) is 9.59 Å². The molecule has 0 saturated heterocycles. The Labute approximate surface area is 126 Å². The number of halogens is 1. The van der Waals surface area contributed by atoms with Crippen LogP contribution in [-0.4, -0.2) is 22.0 Å². The zero-order valence-corrected chi connectivity index (χ0v) is 11.9. The Hall–Kier alpha value is -2.53. The van der Waals surface area contributed by atoms with E-state index in [1.54, 1.807) is 18.2 Å². The molecule has 0 radical (unpaired) electrons. The van der Waals surface area contributed by atoms with Crippen molar-refractivity contribution in [1.29, 1.82) is 0 Å². The number of nitrogens with one attached hydrogen (secondary N) is 2. The molecule has 108 valence electrons. The summed E-state index contributed by atoms with van der Waals surface area (Å²) in [6.07, 6.45) is 4.09. The van der Waals surface area contributed by atoms with Gasteiger partial charge in [-0.1, -0.05) is 17.7 Å². The third kappa shape index (κ3) is 3.97. The van der Waals surface area contributed by atoms with Gasteiger partial charge < -0.3 is 15.4 Å². The molecule has 1 aromatic carbocycles. The van der Waals surface area contributed by atoms with Gasteiger partial charge in [0.05, 0.1) is 5.02 Å². The summed E-state index contributed by atoms with van der Waals surface area (Å²) >= 11 is 5.75. The SMILES string of the molecule is Cc1cc(C=CC(=O)O)ccc1NC(=O)c1cc(Cl)c[nH]1. The average molecular weight is 305 g/mol. The predicted octanol–water partition coefficient (Wildman–Crippen LogP) is 3.33. The number of H-pyrrole nitrogens is 1. The number of carboxylic acid groups (broad SMARTS) is 1. The third-order valence-electron chi connectivity index (χ3n) is 2.81. The normalized spacial score (nSPS) is 10.8. The van der Waals surface area contributed by atoms with Crippen LogP contribution < -0.4 is 5.32 Å². The van der Waals surface area contributed by atoms with Gasteiger partial charge in [-0.3, -0.25) is 4.79 Å². The van der Waals surface area contributed by atoms with Gasteiger partial charge in [-0.05, 0) is 42.3 Å². The molecule has 0 atom stereocenters. The highest BCUT2D eigenvalue weighted by Gasteiger charge is 2.09. The highest BCUT2D eigenvalue weighted by atomic mass is 35.5. The van der Waals surface area contributed by atoms with E-state index in [1.165, 1.54) is 18.3 Å². The van der Waals surface area contributed by atoms with Gasteiger partial charge in [0.15, 0.2) is 0 Å². The van der Waals surface area contributed by atoms with Crippen LogP contribution in [-0.2, 0) is 4.79 Å². The number of carbonyl (C=O) groups excluding carboxylic acids is 1. The Balaban J connectivity index is 2.14. The van der Waals surface area contributed by atoms with E-state index in [0.717, 1.165) is 17.2 Å². The van der Waals surface area contributed by atoms with Crippen LogP contribution in [0.15, 0.2) is 36.5 Å². The van der Waals surface area contributed by atoms with E-state index in [-0.39, 0.29) is 5.91 Å². The molecule has 0 aliphatic rings. The first-order chi connectivity index (χ1) is 9.95. The van der Waals surface area contributed by atoms with Gasteiger partial charge in [-0.15, -0.1) is 0 Å². The monoisotopic (exact) mass is 304 g/mol. The second-order valence-electron chi connectivity index (χ2n) is 4.43. The lowest BCUT2D eigenvalue weighted by Gasteiger charge is -2.08. The van der Waals surface area contributed by atoms with Crippen molar-refractivity contribution in [1.82, 2.24) is 4.98 Å². The predicted molar refractivity (Wildman–Crippen MR) is 81.6 cm³/mol. The summed E-state index contributed by atoms with van der Waals surface area (Å²) in [5.41, 5.74) is 2.59. The number of hydrogen-bond acceptors (Lipinski definition) is 2. The minimum Gasteiger partial charge on any atom is -0.478 e. The van der Waals surface area contributed by atoms with Gasteiger partial charge in [0.25, 0.3) is 5.91 Å². The molecule has 1 heterocycles. The summed E-state index contributed by atoms with van der Waals surface area (Å²) in [4.78, 5) is 25.2. The van der Waals surface area contributed by atoms with Gasteiger partial charge in [0.1, 0.15) is 5.69 Å². The van der Waals surface area contributed by atoms with Gasteiger partial charge in [-0.25, -0.2) is 4.79 Å². The van der Waals surface area contributed by atoms with E-state index < -0.39 is 5.97 Å². The number of aliphatic carboxylic acids is 1. The van der Waals surface area contributed by atoms with Crippen LogP contribution in [0, 0.1) is 6.92 Å². The maximum Gasteiger partial charge on any atom is 0.328 e. The second-order valence-corrected chi connectivity index (χ2v) is 4.87. The van der Waals surface area contributed by atoms with Crippen molar-refractivity contribution in [2.45, 2.75) is 6.92 Å². The minimum absolute atomic E-state index is 0.293. The van der Waals surface area contributed by atoms with Crippen LogP contribution in [0.2, 0.25) is 5.02 Å². The summed E-state index contributed by atoms with van der Waals surface area (Å²) in [7, 11) is 0. The fourth-order valence-corrected chi connectivity index (χ4v) is 1.95. The fourth-order valence-electron chi connectivity index (χ4n) is 1.79. The van der Waals surface area contributed by atoms with E-state index in [4.69, 9.17) is 16.7 Å². The number of aromatic nitrogens is 1. The summed E-state index contributed by atoms with van der Waals surface area (Å²) in [5, 5.41) is 11.8. The number of aromatic amines is 1. The summed E-state index contributed by atoms with van der Waals surface area (Å²) in [5.74, 6) is -1.30. The first-order valence-electron chi connectivity index (χ1n) is 6.12. The van der Waals surface area contributed by atoms with Crippen molar-refractivity contribution >= 4 is 35.2 Å². The molecule has 0 unspecified atom stereocenters. The number of aryl methyl sites for hydroxylation is 1. The first kappa shape index (κ1) is 14.9. The van der Waals surface area contributed by atoms with Crippen LogP contribution >= 0.6 is 11.6 Å². The lowest BCUT2D eigenvalue weighted by atomic mass is 10.1. The number of carbonyl (C=O) groups is 2. The molecule has 5 nitrogen and oxygen atoms in total. The van der Waals surface area contributed by atoms with Gasteiger partial charge in [0.2, 0.25) is 0 Å². The molecule has 6 heteroatoms. The van der Waals surface area contributed by atoms with E-state index >= 15 is 0 Å². The second kappa shape index (κ2) is 6.28. The Morgan fingerprint density at radius 1 is 1.33 bits per heavy atom. The molecular weight excluding hydrogens is 292 g/mol. The van der Waals surface area contributed by atoms with Gasteiger partial charge in [0, 0.05) is 18.0 Å². The van der Waals surface area contributed by atoms with Crippen molar-refractivity contribution in [3.05, 3.63) is 58.4 Å². The lowest BCUT2D eigenvalue weighted by molar-refractivity contribution is -0.131. The number of anilines is 1. The number of carboxylic acids is 1. The Bertz CT molecular complexity index is 719. The topological polar surface area (TPSA) is 82.2 Å². The average Bonchev–Trinajstić information content (AvgIpc) is 2.86. The minimum atomic E-state index is -1.01. The fraction of sp³-hybridized carbons (Fsp3) is 0.0667. The summed E-state index contributed by atoms with van der Waals surface area (Å²) in [6.45, 7) is 1.83. The van der Waals surface area contributed by atoms with E-state index in [0.29, 0.717) is 16.4 Å². The third-order valence-corrected chi connectivity index (χ3v) is 3.03. The molecule has 0 aliphatic heterocycles. The zero-order chi connectivity index (χ0) is 15.4. The standard InChI is InChI=1S/C15H13ClN2O3/c1-9-6-10(3-5-14(19)20)2-4-12(9)18-15(21)13-7-11(16)8-17-13/h2-8,17H,1H3,(H,18,21)(H,19,20). The molecule has 2 aromatic rings. The molecular formula is C15H13ClN2O3. The maximum absolute atomic E-state index is 12.0. The van der Waals surface area contributed by atoms with E-state index in [2.05, 4.69) is 10.3 Å². The molecule has 0 fully saturated rings. The molecule has 0 bridgehead atoms. The number of benzene rings is 1. The Morgan fingerprint density at radius 2 is 2.10 bits per heavy atom. The molecule has 2 rings (SSSR count). The highest BCUT2D eigenvalue weighted by Crippen LogP contribution is 2.19. The van der Waals surface area contributed by atoms with Crippen molar-refractivity contribution in [2.75, 3.05) is 5.32 Å².